The molecule has 0 aliphatic rings. The minimum atomic E-state index is -1.74. The van der Waals surface area contributed by atoms with E-state index >= 15 is 0 Å². The van der Waals surface area contributed by atoms with Crippen molar-refractivity contribution in [3.05, 3.63) is 0 Å². The Hall–Kier alpha value is -2.28. The second-order valence-electron chi connectivity index (χ2n) is 5.89. The van der Waals surface area contributed by atoms with Gasteiger partial charge in [0.05, 0.1) is 0 Å². The Bertz CT molecular complexity index is 449. The molecule has 0 saturated heterocycles. The molecule has 0 fully saturated rings. The van der Waals surface area contributed by atoms with Crippen LogP contribution in [0.25, 0.3) is 0 Å². The number of hydrogen-bond acceptors (Lipinski definition) is 8. The molecule has 0 aromatic heterocycles. The zero-order valence-electron chi connectivity index (χ0n) is 14.4. The van der Waals surface area contributed by atoms with E-state index in [0.29, 0.717) is 25.7 Å². The van der Waals surface area contributed by atoms with Crippen molar-refractivity contribution in [3.8, 4) is 0 Å². The quantitative estimate of drug-likeness (QED) is 0.144. The minimum absolute atomic E-state index is 0.00962. The molecule has 0 radical (unpaired) electrons. The van der Waals surface area contributed by atoms with Crippen LogP contribution in [-0.4, -0.2) is 55.6 Å². The molecule has 26 heavy (non-hydrogen) atoms. The van der Waals surface area contributed by atoms with E-state index in [4.69, 9.17) is 43.4 Å². The van der Waals surface area contributed by atoms with Gasteiger partial charge in [0.25, 0.3) is 0 Å². The lowest BCUT2D eigenvalue weighted by molar-refractivity contribution is -0.144. The van der Waals surface area contributed by atoms with Crippen molar-refractivity contribution in [2.75, 3.05) is 0 Å². The molecule has 0 aliphatic carbocycles. The van der Waals surface area contributed by atoms with E-state index in [2.05, 4.69) is 0 Å². The Morgan fingerprint density at radius 3 is 1.04 bits per heavy atom. The first-order valence-electron chi connectivity index (χ1n) is 7.78. The highest BCUT2D eigenvalue weighted by molar-refractivity contribution is 5.77. The third-order valence-corrected chi connectivity index (χ3v) is 3.26. The van der Waals surface area contributed by atoms with Crippen LogP contribution >= 0.6 is 0 Å². The molecule has 0 aromatic carbocycles. The fraction of sp³-hybridized carbons (Fsp3) is 0.714. The summed E-state index contributed by atoms with van der Waals surface area (Å²) in [7, 11) is 0. The van der Waals surface area contributed by atoms with Crippen LogP contribution in [0.1, 0.15) is 51.4 Å². The van der Waals surface area contributed by atoms with Gasteiger partial charge in [0.2, 0.25) is 0 Å². The van der Waals surface area contributed by atoms with Gasteiger partial charge in [-0.05, 0) is 38.5 Å². The van der Waals surface area contributed by atoms with Gasteiger partial charge in [-0.2, -0.15) is 0 Å². The molecule has 0 saturated carbocycles. The van der Waals surface area contributed by atoms with Gasteiger partial charge in [0.15, 0.2) is 11.3 Å². The van der Waals surface area contributed by atoms with Gasteiger partial charge < -0.3 is 43.4 Å². The summed E-state index contributed by atoms with van der Waals surface area (Å²) in [5.74, 6) is -4.37. The van der Waals surface area contributed by atoms with Gasteiger partial charge in [-0.3, -0.25) is 9.59 Å². The maximum atomic E-state index is 10.4. The fourth-order valence-corrected chi connectivity index (χ4v) is 1.60. The monoisotopic (exact) mass is 380 g/mol. The molecule has 12 nitrogen and oxygen atoms in total. The molecular formula is C14H28N4O8. The van der Waals surface area contributed by atoms with E-state index in [1.165, 1.54) is 0 Å². The van der Waals surface area contributed by atoms with Crippen molar-refractivity contribution in [2.45, 2.75) is 62.7 Å². The summed E-state index contributed by atoms with van der Waals surface area (Å²) in [5, 5.41) is 33.5. The SMILES string of the molecule is NC(N)(CCCCC(=O)O)C(=O)O.NC(N)(CCCCC(=O)O)C(=O)O. The second-order valence-corrected chi connectivity index (χ2v) is 5.89. The lowest BCUT2D eigenvalue weighted by Gasteiger charge is -2.18. The average molecular weight is 380 g/mol. The third-order valence-electron chi connectivity index (χ3n) is 3.26. The molecule has 0 bridgehead atoms. The van der Waals surface area contributed by atoms with Crippen molar-refractivity contribution in [1.82, 2.24) is 0 Å². The molecule has 0 heterocycles. The van der Waals surface area contributed by atoms with E-state index in [0.717, 1.165) is 0 Å². The van der Waals surface area contributed by atoms with Crippen molar-refractivity contribution in [1.29, 1.82) is 0 Å². The molecule has 0 rings (SSSR count). The highest BCUT2D eigenvalue weighted by Crippen LogP contribution is 2.08. The van der Waals surface area contributed by atoms with Crippen LogP contribution in [-0.2, 0) is 19.2 Å². The van der Waals surface area contributed by atoms with E-state index in [9.17, 15) is 19.2 Å². The van der Waals surface area contributed by atoms with Crippen LogP contribution in [0.5, 0.6) is 0 Å². The number of hydrogen-bond donors (Lipinski definition) is 8. The molecule has 152 valence electrons. The van der Waals surface area contributed by atoms with Gasteiger partial charge in [-0.15, -0.1) is 0 Å². The van der Waals surface area contributed by atoms with Crippen LogP contribution in [0.2, 0.25) is 0 Å². The lowest BCUT2D eigenvalue weighted by Crippen LogP contribution is -2.56. The average Bonchev–Trinajstić information content (AvgIpc) is 2.48. The summed E-state index contributed by atoms with van der Waals surface area (Å²) in [4.78, 5) is 40.9. The topological polar surface area (TPSA) is 253 Å². The van der Waals surface area contributed by atoms with E-state index in [-0.39, 0.29) is 25.7 Å². The summed E-state index contributed by atoms with van der Waals surface area (Å²) >= 11 is 0. The van der Waals surface area contributed by atoms with Crippen LogP contribution in [0.3, 0.4) is 0 Å². The predicted octanol–water partition coefficient (Wildman–Crippen LogP) is -1.34. The van der Waals surface area contributed by atoms with Gasteiger partial charge >= 0.3 is 23.9 Å². The first kappa shape index (κ1) is 26.0. The van der Waals surface area contributed by atoms with Crippen LogP contribution in [0, 0.1) is 0 Å². The highest BCUT2D eigenvalue weighted by Gasteiger charge is 2.28. The van der Waals surface area contributed by atoms with Crippen LogP contribution in [0.4, 0.5) is 0 Å². The summed E-state index contributed by atoms with van der Waals surface area (Å²) < 4.78 is 0. The number of unbranched alkanes of at least 4 members (excludes halogenated alkanes) is 2. The number of nitrogens with two attached hydrogens (primary N) is 4. The Morgan fingerprint density at radius 2 is 0.846 bits per heavy atom. The first-order chi connectivity index (χ1) is 11.7. The first-order valence-corrected chi connectivity index (χ1v) is 7.78. The van der Waals surface area contributed by atoms with Crippen LogP contribution < -0.4 is 22.9 Å². The fourth-order valence-electron chi connectivity index (χ4n) is 1.60. The Labute approximate surface area is 150 Å². The predicted molar refractivity (Wildman–Crippen MR) is 89.7 cm³/mol. The van der Waals surface area contributed by atoms with Gasteiger partial charge in [-0.1, -0.05) is 0 Å². The van der Waals surface area contributed by atoms with E-state index < -0.39 is 35.2 Å². The standard InChI is InChI=1S/2C7H14N2O4/c2*8-7(9,6(12)13)4-2-1-3-5(10)11/h2*1-4,8-9H2,(H,10,11)(H,12,13). The molecular weight excluding hydrogens is 352 g/mol. The highest BCUT2D eigenvalue weighted by atomic mass is 16.4. The van der Waals surface area contributed by atoms with E-state index in [1.54, 1.807) is 0 Å². The number of aliphatic carboxylic acids is 4. The Morgan fingerprint density at radius 1 is 0.577 bits per heavy atom. The number of rotatable bonds is 12. The molecule has 0 amide bonds. The largest absolute Gasteiger partial charge is 0.481 e. The molecule has 12 N–H and O–H groups in total. The summed E-state index contributed by atoms with van der Waals surface area (Å²) in [6, 6.07) is 0. The van der Waals surface area contributed by atoms with Crippen LogP contribution in [0.15, 0.2) is 0 Å². The number of carbonyl (C=O) groups is 4. The second kappa shape index (κ2) is 12.1. The normalized spacial score (nSPS) is 11.2. The zero-order valence-corrected chi connectivity index (χ0v) is 14.4. The summed E-state index contributed by atoms with van der Waals surface area (Å²) in [6.07, 6.45) is 1.74. The molecule has 0 unspecified atom stereocenters. The minimum Gasteiger partial charge on any atom is -0.481 e. The molecule has 0 spiro atoms. The maximum absolute atomic E-state index is 10.4. The van der Waals surface area contributed by atoms with Gasteiger partial charge in [0.1, 0.15) is 0 Å². The zero-order chi connectivity index (χ0) is 21.0. The third kappa shape index (κ3) is 14.1. The molecule has 0 atom stereocenters. The smallest absolute Gasteiger partial charge is 0.338 e. The number of carboxylic acid groups (broad SMARTS) is 4. The van der Waals surface area contributed by atoms with Crippen molar-refractivity contribution < 1.29 is 39.6 Å². The van der Waals surface area contributed by atoms with Crippen molar-refractivity contribution in [3.63, 3.8) is 0 Å². The summed E-state index contributed by atoms with van der Waals surface area (Å²) in [6.45, 7) is 0. The maximum Gasteiger partial charge on any atom is 0.338 e. The Kier molecular flexibility index (Phi) is 12.1. The van der Waals surface area contributed by atoms with Crippen molar-refractivity contribution in [2.24, 2.45) is 22.9 Å². The molecule has 12 heteroatoms. The lowest BCUT2D eigenvalue weighted by atomic mass is 10.0. The van der Waals surface area contributed by atoms with Gasteiger partial charge in [-0.25, -0.2) is 9.59 Å². The van der Waals surface area contributed by atoms with Crippen molar-refractivity contribution >= 4 is 23.9 Å². The van der Waals surface area contributed by atoms with E-state index in [1.807, 2.05) is 0 Å². The Balaban J connectivity index is 0. The van der Waals surface area contributed by atoms with Gasteiger partial charge in [0, 0.05) is 12.8 Å². The summed E-state index contributed by atoms with van der Waals surface area (Å²) in [5.41, 5.74) is 17.4. The molecule has 0 aromatic rings. The molecule has 0 aliphatic heterocycles. The number of carboxylic acids is 4.